The van der Waals surface area contributed by atoms with Crippen molar-refractivity contribution in [1.29, 1.82) is 0 Å². The molecule has 0 radical (unpaired) electrons. The molecule has 1 aliphatic heterocycles. The number of nitrogens with one attached hydrogen (secondary N) is 4. The number of carbonyl (C=O) groups excluding carboxylic acids is 2. The highest BCUT2D eigenvalue weighted by molar-refractivity contribution is 7.90. The summed E-state index contributed by atoms with van der Waals surface area (Å²) in [5.41, 5.74) is 0.0436. The second kappa shape index (κ2) is 9.36. The minimum atomic E-state index is -3.75. The Balaban J connectivity index is 1.93. The predicted octanol–water partition coefficient (Wildman–Crippen LogP) is -0.475. The van der Waals surface area contributed by atoms with Gasteiger partial charge in [0.25, 0.3) is 21.8 Å². The van der Waals surface area contributed by atoms with Gasteiger partial charge in [0.2, 0.25) is 0 Å². The zero-order chi connectivity index (χ0) is 21.7. The summed E-state index contributed by atoms with van der Waals surface area (Å²) >= 11 is 0. The van der Waals surface area contributed by atoms with E-state index in [9.17, 15) is 18.0 Å². The molecule has 0 aromatic heterocycles. The van der Waals surface area contributed by atoms with Crippen LogP contribution < -0.4 is 20.3 Å². The summed E-state index contributed by atoms with van der Waals surface area (Å²) in [6, 6.07) is 6.04. The van der Waals surface area contributed by atoms with Gasteiger partial charge in [-0.2, -0.15) is 0 Å². The van der Waals surface area contributed by atoms with E-state index in [-0.39, 0.29) is 35.3 Å². The van der Waals surface area contributed by atoms with Crippen molar-refractivity contribution in [1.82, 2.24) is 10.0 Å². The second-order valence-corrected chi connectivity index (χ2v) is 9.90. The molecule has 0 bridgehead atoms. The number of nitrogens with zero attached hydrogens (tertiary/aromatic N) is 1. The largest absolute Gasteiger partial charge is 0.347 e. The summed E-state index contributed by atoms with van der Waals surface area (Å²) in [6.45, 7) is 6.53. The number of hydrogen-bond donors (Lipinski definition) is 4. The molecule has 0 saturated heterocycles. The SMILES string of the molecule is C[NH+](CC(=O)Nc1cccc(S(=O)(=O)NC2=NCCC2)c1)CC(=O)NC(C)(C)C. The minimum absolute atomic E-state index is 0.0511. The van der Waals surface area contributed by atoms with Crippen LogP contribution in [0.5, 0.6) is 0 Å². The quantitative estimate of drug-likeness (QED) is 0.473. The molecule has 1 aliphatic rings. The molecule has 160 valence electrons. The van der Waals surface area contributed by atoms with Crippen LogP contribution in [-0.4, -0.2) is 58.3 Å². The first-order valence-corrected chi connectivity index (χ1v) is 11.0. The van der Waals surface area contributed by atoms with Crippen molar-refractivity contribution < 1.29 is 22.9 Å². The van der Waals surface area contributed by atoms with E-state index in [0.29, 0.717) is 29.4 Å². The lowest BCUT2D eigenvalue weighted by molar-refractivity contribution is -0.862. The summed E-state index contributed by atoms with van der Waals surface area (Å²) < 4.78 is 27.5. The molecule has 1 unspecified atom stereocenters. The van der Waals surface area contributed by atoms with Crippen molar-refractivity contribution in [3.63, 3.8) is 0 Å². The molecule has 2 rings (SSSR count). The molecule has 1 aromatic carbocycles. The van der Waals surface area contributed by atoms with Gasteiger partial charge in [-0.3, -0.25) is 19.3 Å². The first-order valence-electron chi connectivity index (χ1n) is 9.53. The van der Waals surface area contributed by atoms with Crippen molar-refractivity contribution in [2.75, 3.05) is 32.0 Å². The van der Waals surface area contributed by atoms with E-state index in [1.807, 2.05) is 20.8 Å². The molecule has 0 spiro atoms. The van der Waals surface area contributed by atoms with Gasteiger partial charge in [-0.15, -0.1) is 0 Å². The Bertz CT molecular complexity index is 890. The Labute approximate surface area is 172 Å². The number of amides is 2. The van der Waals surface area contributed by atoms with Crippen LogP contribution in [0.2, 0.25) is 0 Å². The van der Waals surface area contributed by atoms with Gasteiger partial charge in [0.05, 0.1) is 11.9 Å². The molecule has 9 nitrogen and oxygen atoms in total. The van der Waals surface area contributed by atoms with Crippen LogP contribution in [0.4, 0.5) is 5.69 Å². The van der Waals surface area contributed by atoms with Crippen molar-refractivity contribution in [2.45, 2.75) is 44.0 Å². The van der Waals surface area contributed by atoms with Crippen LogP contribution in [0.25, 0.3) is 0 Å². The molecule has 1 atom stereocenters. The number of aliphatic imine (C=N–C) groups is 1. The zero-order valence-electron chi connectivity index (χ0n) is 17.3. The maximum atomic E-state index is 12.5. The van der Waals surface area contributed by atoms with E-state index in [2.05, 4.69) is 20.3 Å². The number of likely N-dealkylation sites (N-methyl/N-ethyl adjacent to an activating group) is 1. The number of carbonyl (C=O) groups is 2. The summed E-state index contributed by atoms with van der Waals surface area (Å²) in [6.07, 6.45) is 1.44. The average Bonchev–Trinajstić information content (AvgIpc) is 3.05. The van der Waals surface area contributed by atoms with E-state index in [4.69, 9.17) is 0 Å². The Kier molecular flexibility index (Phi) is 7.37. The van der Waals surface area contributed by atoms with E-state index in [0.717, 1.165) is 6.42 Å². The predicted molar refractivity (Wildman–Crippen MR) is 111 cm³/mol. The fraction of sp³-hybridized carbons (Fsp3) is 0.526. The number of rotatable bonds is 7. The molecule has 0 aliphatic carbocycles. The highest BCUT2D eigenvalue weighted by Gasteiger charge is 2.20. The van der Waals surface area contributed by atoms with E-state index < -0.39 is 10.0 Å². The van der Waals surface area contributed by atoms with E-state index >= 15 is 0 Å². The second-order valence-electron chi connectivity index (χ2n) is 8.22. The average molecular weight is 425 g/mol. The minimum Gasteiger partial charge on any atom is -0.347 e. The van der Waals surface area contributed by atoms with Crippen molar-refractivity contribution in [3.05, 3.63) is 24.3 Å². The van der Waals surface area contributed by atoms with Crippen LogP contribution in [0.15, 0.2) is 34.2 Å². The molecule has 29 heavy (non-hydrogen) atoms. The third-order valence-corrected chi connectivity index (χ3v) is 5.37. The molecule has 10 heteroatoms. The van der Waals surface area contributed by atoms with Crippen molar-refractivity contribution in [2.24, 2.45) is 4.99 Å². The van der Waals surface area contributed by atoms with Gasteiger partial charge in [0.1, 0.15) is 5.84 Å². The van der Waals surface area contributed by atoms with Gasteiger partial charge in [-0.05, 0) is 45.4 Å². The normalized spacial score (nSPS) is 15.4. The van der Waals surface area contributed by atoms with Gasteiger partial charge in [0.15, 0.2) is 13.1 Å². The summed E-state index contributed by atoms with van der Waals surface area (Å²) in [7, 11) is -2.00. The number of amidine groups is 1. The Morgan fingerprint density at radius 1 is 1.17 bits per heavy atom. The Morgan fingerprint density at radius 2 is 1.86 bits per heavy atom. The number of benzene rings is 1. The smallest absolute Gasteiger partial charge is 0.279 e. The van der Waals surface area contributed by atoms with Crippen LogP contribution in [0.3, 0.4) is 0 Å². The first kappa shape index (κ1) is 22.8. The lowest BCUT2D eigenvalue weighted by Crippen LogP contribution is -3.11. The number of quaternary nitrogens is 1. The lowest BCUT2D eigenvalue weighted by atomic mass is 10.1. The van der Waals surface area contributed by atoms with Crippen LogP contribution in [0.1, 0.15) is 33.6 Å². The Hall–Kier alpha value is -2.46. The fourth-order valence-corrected chi connectivity index (χ4v) is 3.99. The van der Waals surface area contributed by atoms with Gasteiger partial charge in [-0.1, -0.05) is 6.07 Å². The summed E-state index contributed by atoms with van der Waals surface area (Å²) in [5, 5.41) is 5.54. The van der Waals surface area contributed by atoms with Crippen molar-refractivity contribution >= 4 is 33.4 Å². The molecule has 4 N–H and O–H groups in total. The lowest BCUT2D eigenvalue weighted by Gasteiger charge is -2.21. The van der Waals surface area contributed by atoms with Gasteiger partial charge in [-0.25, -0.2) is 8.42 Å². The van der Waals surface area contributed by atoms with E-state index in [1.54, 1.807) is 19.2 Å². The molecule has 1 aromatic rings. The number of anilines is 1. The maximum Gasteiger partial charge on any atom is 0.279 e. The summed E-state index contributed by atoms with van der Waals surface area (Å²) in [4.78, 5) is 29.1. The molecule has 0 saturated carbocycles. The highest BCUT2D eigenvalue weighted by Crippen LogP contribution is 2.16. The first-order chi connectivity index (χ1) is 13.4. The van der Waals surface area contributed by atoms with Crippen molar-refractivity contribution in [3.8, 4) is 0 Å². The molecular weight excluding hydrogens is 394 g/mol. The van der Waals surface area contributed by atoms with Crippen LogP contribution in [-0.2, 0) is 19.6 Å². The van der Waals surface area contributed by atoms with E-state index in [1.165, 1.54) is 12.1 Å². The van der Waals surface area contributed by atoms with Crippen LogP contribution >= 0.6 is 0 Å². The topological polar surface area (TPSA) is 121 Å². The molecular formula is C19H30N5O4S+. The number of sulfonamides is 1. The van der Waals surface area contributed by atoms with Gasteiger partial charge in [0, 0.05) is 24.2 Å². The third kappa shape index (κ3) is 7.82. The third-order valence-electron chi connectivity index (χ3n) is 3.99. The standard InChI is InChI=1S/C19H29N5O4S/c1-19(2,3)22-18(26)13-24(4)12-17(25)21-14-7-5-8-15(11-14)29(27,28)23-16-9-6-10-20-16/h5,7-8,11H,6,9-10,12-13H2,1-4H3,(H,20,23)(H,21,25)(H,22,26)/p+1. The fourth-order valence-electron chi connectivity index (χ4n) is 2.86. The zero-order valence-corrected chi connectivity index (χ0v) is 18.1. The highest BCUT2D eigenvalue weighted by atomic mass is 32.2. The summed E-state index contributed by atoms with van der Waals surface area (Å²) in [5.74, 6) is 0.00345. The Morgan fingerprint density at radius 3 is 2.48 bits per heavy atom. The van der Waals surface area contributed by atoms with Gasteiger partial charge < -0.3 is 15.5 Å². The molecule has 1 heterocycles. The maximum absolute atomic E-state index is 12.5. The van der Waals surface area contributed by atoms with Crippen LogP contribution in [0, 0.1) is 0 Å². The molecule has 0 fully saturated rings. The monoisotopic (exact) mass is 424 g/mol. The van der Waals surface area contributed by atoms with Gasteiger partial charge >= 0.3 is 0 Å². The molecule has 2 amide bonds. The number of hydrogen-bond acceptors (Lipinski definition) is 5.